The van der Waals surface area contributed by atoms with Gasteiger partial charge < -0.3 is 0 Å². The number of hydrazine groups is 1. The van der Waals surface area contributed by atoms with Crippen molar-refractivity contribution in [2.24, 2.45) is 0 Å². The standard InChI is InChI=1S/C11H12F3N3O2S/c1-9-2-4-10(5-3-9)20(18,19)15-17-7-6-16(8-17)11(12,13)14/h2-7,15H,8H2,1H3. The number of benzene rings is 1. The van der Waals surface area contributed by atoms with Gasteiger partial charge in [0.15, 0.2) is 0 Å². The zero-order chi connectivity index (χ0) is 15.0. The van der Waals surface area contributed by atoms with E-state index in [-0.39, 0.29) is 9.80 Å². The van der Waals surface area contributed by atoms with Crippen LogP contribution < -0.4 is 4.83 Å². The van der Waals surface area contributed by atoms with Crippen molar-refractivity contribution in [1.82, 2.24) is 14.7 Å². The molecule has 0 unspecified atom stereocenters. The van der Waals surface area contributed by atoms with Crippen molar-refractivity contribution in [3.05, 3.63) is 42.2 Å². The van der Waals surface area contributed by atoms with Gasteiger partial charge in [-0.3, -0.25) is 9.91 Å². The van der Waals surface area contributed by atoms with Crippen molar-refractivity contribution in [1.29, 1.82) is 0 Å². The first-order chi connectivity index (χ1) is 9.18. The van der Waals surface area contributed by atoms with Gasteiger partial charge in [0.05, 0.1) is 4.90 Å². The molecule has 0 amide bonds. The van der Waals surface area contributed by atoms with E-state index in [2.05, 4.69) is 4.83 Å². The fraction of sp³-hybridized carbons (Fsp3) is 0.273. The van der Waals surface area contributed by atoms with Gasteiger partial charge >= 0.3 is 6.30 Å². The topological polar surface area (TPSA) is 52.7 Å². The molecule has 0 bridgehead atoms. The molecule has 1 aromatic rings. The SMILES string of the molecule is Cc1ccc(S(=O)(=O)NN2C=CN(C(F)(F)F)C2)cc1. The Morgan fingerprint density at radius 2 is 1.75 bits per heavy atom. The molecule has 5 nitrogen and oxygen atoms in total. The molecule has 0 aliphatic carbocycles. The highest BCUT2D eigenvalue weighted by Crippen LogP contribution is 2.24. The van der Waals surface area contributed by atoms with Gasteiger partial charge in [-0.25, -0.2) is 8.42 Å². The molecule has 20 heavy (non-hydrogen) atoms. The van der Waals surface area contributed by atoms with Gasteiger partial charge in [-0.2, -0.15) is 13.2 Å². The molecule has 0 fully saturated rings. The van der Waals surface area contributed by atoms with Crippen LogP contribution in [0.25, 0.3) is 0 Å². The minimum atomic E-state index is -4.54. The summed E-state index contributed by atoms with van der Waals surface area (Å²) < 4.78 is 61.2. The molecule has 1 aromatic carbocycles. The number of nitrogens with one attached hydrogen (secondary N) is 1. The van der Waals surface area contributed by atoms with E-state index in [0.29, 0.717) is 0 Å². The number of nitrogens with zero attached hydrogens (tertiary/aromatic N) is 2. The van der Waals surface area contributed by atoms with Crippen molar-refractivity contribution < 1.29 is 21.6 Å². The fourth-order valence-electron chi connectivity index (χ4n) is 1.57. The molecule has 0 saturated carbocycles. The van der Waals surface area contributed by atoms with Crippen LogP contribution in [0.3, 0.4) is 0 Å². The summed E-state index contributed by atoms with van der Waals surface area (Å²) >= 11 is 0. The van der Waals surface area contributed by atoms with Crippen LogP contribution in [0, 0.1) is 6.92 Å². The lowest BCUT2D eigenvalue weighted by Crippen LogP contribution is -2.43. The number of rotatable bonds is 3. The van der Waals surface area contributed by atoms with Crippen molar-refractivity contribution in [3.8, 4) is 0 Å². The highest BCUT2D eigenvalue weighted by molar-refractivity contribution is 7.89. The lowest BCUT2D eigenvalue weighted by atomic mass is 10.2. The van der Waals surface area contributed by atoms with Gasteiger partial charge in [-0.05, 0) is 19.1 Å². The second-order valence-corrected chi connectivity index (χ2v) is 5.92. The van der Waals surface area contributed by atoms with Gasteiger partial charge in [0.1, 0.15) is 6.67 Å². The Hall–Kier alpha value is -1.74. The molecule has 2 rings (SSSR count). The van der Waals surface area contributed by atoms with E-state index in [4.69, 9.17) is 0 Å². The third kappa shape index (κ3) is 3.23. The van der Waals surface area contributed by atoms with Crippen LogP contribution in [-0.2, 0) is 10.0 Å². The summed E-state index contributed by atoms with van der Waals surface area (Å²) in [6.45, 7) is 1.17. The van der Waals surface area contributed by atoms with E-state index in [1.165, 1.54) is 12.1 Å². The summed E-state index contributed by atoms with van der Waals surface area (Å²) in [6.07, 6.45) is -2.77. The van der Waals surface area contributed by atoms with Crippen LogP contribution in [0.5, 0.6) is 0 Å². The van der Waals surface area contributed by atoms with E-state index in [9.17, 15) is 21.6 Å². The van der Waals surface area contributed by atoms with E-state index in [0.717, 1.165) is 23.0 Å². The smallest absolute Gasteiger partial charge is 0.281 e. The van der Waals surface area contributed by atoms with Gasteiger partial charge in [-0.15, -0.1) is 4.83 Å². The Bertz CT molecular complexity index is 611. The van der Waals surface area contributed by atoms with E-state index in [1.54, 1.807) is 19.1 Å². The van der Waals surface area contributed by atoms with E-state index in [1.807, 2.05) is 0 Å². The normalized spacial score (nSPS) is 16.0. The number of halogens is 3. The van der Waals surface area contributed by atoms with Crippen LogP contribution in [0.4, 0.5) is 13.2 Å². The molecule has 110 valence electrons. The lowest BCUT2D eigenvalue weighted by Gasteiger charge is -2.23. The summed E-state index contributed by atoms with van der Waals surface area (Å²) in [6, 6.07) is 5.99. The number of hydrogen-bond donors (Lipinski definition) is 1. The number of aryl methyl sites for hydroxylation is 1. The Balaban J connectivity index is 2.08. The molecule has 0 saturated heterocycles. The quantitative estimate of drug-likeness (QED) is 0.865. The maximum atomic E-state index is 12.4. The highest BCUT2D eigenvalue weighted by atomic mass is 32.2. The fourth-order valence-corrected chi connectivity index (χ4v) is 2.59. The molecule has 0 atom stereocenters. The third-order valence-corrected chi connectivity index (χ3v) is 3.99. The Morgan fingerprint density at radius 3 is 2.25 bits per heavy atom. The maximum Gasteiger partial charge on any atom is 0.485 e. The molecular weight excluding hydrogens is 295 g/mol. The molecule has 1 aliphatic rings. The Kier molecular flexibility index (Phi) is 3.65. The average Bonchev–Trinajstić information content (AvgIpc) is 2.77. The first kappa shape index (κ1) is 14.7. The van der Waals surface area contributed by atoms with Crippen LogP contribution in [0.2, 0.25) is 0 Å². The highest BCUT2D eigenvalue weighted by Gasteiger charge is 2.38. The van der Waals surface area contributed by atoms with Gasteiger partial charge in [0.2, 0.25) is 0 Å². The van der Waals surface area contributed by atoms with E-state index < -0.39 is 23.0 Å². The molecule has 1 aliphatic heterocycles. The van der Waals surface area contributed by atoms with Gasteiger partial charge in [0.25, 0.3) is 10.0 Å². The van der Waals surface area contributed by atoms with Crippen LogP contribution in [-0.4, -0.2) is 31.3 Å². The minimum Gasteiger partial charge on any atom is -0.281 e. The predicted octanol–water partition coefficient (Wildman–Crippen LogP) is 1.75. The largest absolute Gasteiger partial charge is 0.485 e. The minimum absolute atomic E-state index is 0.0121. The first-order valence-electron chi connectivity index (χ1n) is 5.56. The molecule has 0 spiro atoms. The van der Waals surface area contributed by atoms with Gasteiger partial charge in [0, 0.05) is 12.4 Å². The molecule has 1 heterocycles. The number of hydrogen-bond acceptors (Lipinski definition) is 4. The molecular formula is C11H12F3N3O2S. The second kappa shape index (κ2) is 4.98. The van der Waals surface area contributed by atoms with Crippen LogP contribution >= 0.6 is 0 Å². The second-order valence-electron chi connectivity index (χ2n) is 4.25. The zero-order valence-electron chi connectivity index (χ0n) is 10.4. The van der Waals surface area contributed by atoms with Crippen molar-refractivity contribution in [2.75, 3.05) is 6.67 Å². The maximum absolute atomic E-state index is 12.4. The van der Waals surface area contributed by atoms with Crippen molar-refractivity contribution >= 4 is 10.0 Å². The van der Waals surface area contributed by atoms with Gasteiger partial charge in [-0.1, -0.05) is 17.7 Å². The van der Waals surface area contributed by atoms with Crippen LogP contribution in [0.15, 0.2) is 41.6 Å². The Morgan fingerprint density at radius 1 is 1.15 bits per heavy atom. The summed E-state index contributed by atoms with van der Waals surface area (Å²) in [5, 5.41) is 0.850. The summed E-state index contributed by atoms with van der Waals surface area (Å²) in [5.74, 6) is 0. The zero-order valence-corrected chi connectivity index (χ0v) is 11.2. The van der Waals surface area contributed by atoms with E-state index >= 15 is 0 Å². The summed E-state index contributed by atoms with van der Waals surface area (Å²) in [5.41, 5.74) is 0.883. The molecule has 0 aromatic heterocycles. The predicted molar refractivity (Wildman–Crippen MR) is 65.2 cm³/mol. The summed E-state index contributed by atoms with van der Waals surface area (Å²) in [7, 11) is -3.90. The van der Waals surface area contributed by atoms with Crippen LogP contribution in [0.1, 0.15) is 5.56 Å². The third-order valence-electron chi connectivity index (χ3n) is 2.63. The molecule has 9 heteroatoms. The van der Waals surface area contributed by atoms with Crippen molar-refractivity contribution in [3.63, 3.8) is 0 Å². The number of alkyl halides is 3. The first-order valence-corrected chi connectivity index (χ1v) is 7.04. The molecule has 0 radical (unpaired) electrons. The lowest BCUT2D eigenvalue weighted by molar-refractivity contribution is -0.230. The van der Waals surface area contributed by atoms with Crippen molar-refractivity contribution in [2.45, 2.75) is 18.1 Å². The molecule has 1 N–H and O–H groups in total. The monoisotopic (exact) mass is 307 g/mol. The Labute approximate surface area is 114 Å². The average molecular weight is 307 g/mol. The summed E-state index contributed by atoms with van der Waals surface area (Å²) in [4.78, 5) is 2.12. The number of sulfonamides is 1.